The van der Waals surface area contributed by atoms with E-state index in [-0.39, 0.29) is 23.4 Å². The first-order valence-electron chi connectivity index (χ1n) is 8.68. The number of imidazole rings is 1. The minimum atomic E-state index is -3.58. The molecule has 2 heterocycles. The largest absolute Gasteiger partial charge is 0.346 e. The molecule has 0 aliphatic heterocycles. The average Bonchev–Trinajstić information content (AvgIpc) is 3.07. The molecule has 0 aliphatic rings. The van der Waals surface area contributed by atoms with E-state index in [1.807, 2.05) is 0 Å². The van der Waals surface area contributed by atoms with Crippen molar-refractivity contribution < 1.29 is 13.2 Å². The molecule has 1 N–H and O–H groups in total. The summed E-state index contributed by atoms with van der Waals surface area (Å²) in [5, 5.41) is 3.38. The lowest BCUT2D eigenvalue weighted by molar-refractivity contribution is 0.0950. The molecule has 0 aliphatic carbocycles. The summed E-state index contributed by atoms with van der Waals surface area (Å²) in [5.74, 6) is -0.309. The quantitative estimate of drug-likeness (QED) is 0.664. The lowest BCUT2D eigenvalue weighted by Crippen LogP contribution is -2.33. The first-order valence-corrected chi connectivity index (χ1v) is 10.5. The number of rotatable bonds is 6. The molecule has 9 heteroatoms. The fourth-order valence-corrected chi connectivity index (χ4v) is 4.13. The molecular formula is C19H21ClN4O3S. The van der Waals surface area contributed by atoms with Crippen LogP contribution in [0.2, 0.25) is 5.02 Å². The summed E-state index contributed by atoms with van der Waals surface area (Å²) in [7, 11) is -2.05. The summed E-state index contributed by atoms with van der Waals surface area (Å²) in [6.07, 6.45) is 3.53. The van der Waals surface area contributed by atoms with Crippen LogP contribution in [0.3, 0.4) is 0 Å². The summed E-state index contributed by atoms with van der Waals surface area (Å²) in [6.45, 7) is 3.84. The van der Waals surface area contributed by atoms with Crippen LogP contribution in [0.15, 0.2) is 53.7 Å². The van der Waals surface area contributed by atoms with Crippen molar-refractivity contribution in [2.75, 3.05) is 7.05 Å². The molecule has 0 atom stereocenters. The van der Waals surface area contributed by atoms with Gasteiger partial charge in [-0.15, -0.1) is 0 Å². The molecule has 0 radical (unpaired) electrons. The molecule has 0 saturated carbocycles. The van der Waals surface area contributed by atoms with Crippen LogP contribution in [0.1, 0.15) is 29.9 Å². The average molecular weight is 421 g/mol. The van der Waals surface area contributed by atoms with E-state index in [0.717, 1.165) is 5.65 Å². The second-order valence-corrected chi connectivity index (χ2v) is 9.10. The van der Waals surface area contributed by atoms with E-state index in [1.165, 1.54) is 35.6 Å². The summed E-state index contributed by atoms with van der Waals surface area (Å²) in [5.41, 5.74) is 1.80. The Morgan fingerprint density at radius 1 is 1.18 bits per heavy atom. The topological polar surface area (TPSA) is 83.8 Å². The summed E-state index contributed by atoms with van der Waals surface area (Å²) >= 11 is 5.95. The van der Waals surface area contributed by atoms with Crippen LogP contribution in [0.5, 0.6) is 0 Å². The Balaban J connectivity index is 1.69. The highest BCUT2D eigenvalue weighted by Gasteiger charge is 2.23. The van der Waals surface area contributed by atoms with E-state index in [2.05, 4.69) is 10.3 Å². The van der Waals surface area contributed by atoms with Gasteiger partial charge in [0.25, 0.3) is 5.91 Å². The monoisotopic (exact) mass is 420 g/mol. The van der Waals surface area contributed by atoms with Crippen molar-refractivity contribution in [1.82, 2.24) is 19.0 Å². The van der Waals surface area contributed by atoms with Crippen LogP contribution in [-0.4, -0.2) is 41.1 Å². The molecule has 1 amide bonds. The molecule has 0 fully saturated rings. The minimum Gasteiger partial charge on any atom is -0.346 e. The Morgan fingerprint density at radius 2 is 1.86 bits per heavy atom. The van der Waals surface area contributed by atoms with Crippen molar-refractivity contribution >= 4 is 33.2 Å². The molecule has 148 valence electrons. The molecule has 3 rings (SSSR count). The van der Waals surface area contributed by atoms with E-state index in [9.17, 15) is 13.2 Å². The molecule has 28 heavy (non-hydrogen) atoms. The van der Waals surface area contributed by atoms with E-state index in [1.54, 1.807) is 42.8 Å². The summed E-state index contributed by atoms with van der Waals surface area (Å²) < 4.78 is 28.0. The fourth-order valence-electron chi connectivity index (χ4n) is 2.60. The van der Waals surface area contributed by atoms with Gasteiger partial charge in [-0.05, 0) is 50.2 Å². The second-order valence-electron chi connectivity index (χ2n) is 6.67. The Morgan fingerprint density at radius 3 is 2.50 bits per heavy atom. The van der Waals surface area contributed by atoms with Gasteiger partial charge in [-0.25, -0.2) is 13.4 Å². The minimum absolute atomic E-state index is 0.150. The van der Waals surface area contributed by atoms with Gasteiger partial charge in [0.15, 0.2) is 0 Å². The van der Waals surface area contributed by atoms with Gasteiger partial charge in [0.2, 0.25) is 10.0 Å². The van der Waals surface area contributed by atoms with Gasteiger partial charge in [-0.2, -0.15) is 4.31 Å². The lowest BCUT2D eigenvalue weighted by atomic mass is 10.2. The Bertz CT molecular complexity index is 1110. The molecule has 1 aromatic carbocycles. The maximum Gasteiger partial charge on any atom is 0.251 e. The van der Waals surface area contributed by atoms with Gasteiger partial charge in [-0.1, -0.05) is 11.6 Å². The zero-order valence-corrected chi connectivity index (χ0v) is 17.3. The zero-order chi connectivity index (χ0) is 20.5. The number of pyridine rings is 1. The number of carbonyl (C=O) groups is 1. The first-order chi connectivity index (χ1) is 13.2. The van der Waals surface area contributed by atoms with Crippen molar-refractivity contribution in [2.24, 2.45) is 0 Å². The van der Waals surface area contributed by atoms with Crippen molar-refractivity contribution in [3.05, 3.63) is 65.1 Å². The normalized spacial score (nSPS) is 12.1. The van der Waals surface area contributed by atoms with Crippen LogP contribution in [0.25, 0.3) is 5.65 Å². The summed E-state index contributed by atoms with van der Waals surface area (Å²) in [4.78, 5) is 16.9. The molecule has 0 spiro atoms. The number of hydrogen-bond acceptors (Lipinski definition) is 4. The maximum absolute atomic E-state index is 12.5. The van der Waals surface area contributed by atoms with Gasteiger partial charge in [0.1, 0.15) is 5.65 Å². The zero-order valence-electron chi connectivity index (χ0n) is 15.8. The number of halogens is 1. The van der Waals surface area contributed by atoms with E-state index in [0.29, 0.717) is 16.3 Å². The number of amides is 1. The number of hydrogen-bond donors (Lipinski definition) is 1. The van der Waals surface area contributed by atoms with Gasteiger partial charge in [0.05, 0.1) is 22.2 Å². The molecular weight excluding hydrogens is 400 g/mol. The highest BCUT2D eigenvalue weighted by atomic mass is 35.5. The Kier molecular flexibility index (Phi) is 5.74. The number of nitrogens with zero attached hydrogens (tertiary/aromatic N) is 3. The SMILES string of the molecule is CC(C)N(C)S(=O)(=O)c1ccc(C(=O)NCc2cn3cc(Cl)ccc3n2)cc1. The Hall–Kier alpha value is -2.42. The van der Waals surface area contributed by atoms with Crippen LogP contribution in [-0.2, 0) is 16.6 Å². The maximum atomic E-state index is 12.5. The molecule has 0 saturated heterocycles. The third-order valence-electron chi connectivity index (χ3n) is 4.42. The van der Waals surface area contributed by atoms with Gasteiger partial charge < -0.3 is 9.72 Å². The van der Waals surface area contributed by atoms with Crippen molar-refractivity contribution in [3.63, 3.8) is 0 Å². The van der Waals surface area contributed by atoms with Crippen LogP contribution < -0.4 is 5.32 Å². The molecule has 0 unspecified atom stereocenters. The number of fused-ring (bicyclic) bond motifs is 1. The number of nitrogens with one attached hydrogen (secondary N) is 1. The third-order valence-corrected chi connectivity index (χ3v) is 6.69. The standard InChI is InChI=1S/C19H21ClN4O3S/c1-13(2)23(3)28(26,27)17-7-4-14(5-8-17)19(25)21-10-16-12-24-11-15(20)6-9-18(24)22-16/h4-9,11-13H,10H2,1-3H3,(H,21,25). The van der Waals surface area contributed by atoms with E-state index in [4.69, 9.17) is 11.6 Å². The Labute approximate surface area is 169 Å². The molecule has 3 aromatic rings. The van der Waals surface area contributed by atoms with Crippen molar-refractivity contribution in [1.29, 1.82) is 0 Å². The third kappa shape index (κ3) is 4.19. The second kappa shape index (κ2) is 7.90. The highest BCUT2D eigenvalue weighted by Crippen LogP contribution is 2.17. The number of carbonyl (C=O) groups excluding carboxylic acids is 1. The van der Waals surface area contributed by atoms with Crippen molar-refractivity contribution in [2.45, 2.75) is 31.3 Å². The fraction of sp³-hybridized carbons (Fsp3) is 0.263. The molecule has 7 nitrogen and oxygen atoms in total. The lowest BCUT2D eigenvalue weighted by Gasteiger charge is -2.21. The number of sulfonamides is 1. The van der Waals surface area contributed by atoms with Crippen LogP contribution in [0.4, 0.5) is 0 Å². The predicted octanol–water partition coefficient (Wildman–Crippen LogP) is 2.95. The molecule has 0 bridgehead atoms. The smallest absolute Gasteiger partial charge is 0.251 e. The van der Waals surface area contributed by atoms with Gasteiger partial charge in [0, 0.05) is 31.0 Å². The van der Waals surface area contributed by atoms with E-state index >= 15 is 0 Å². The van der Waals surface area contributed by atoms with Gasteiger partial charge in [-0.3, -0.25) is 4.79 Å². The predicted molar refractivity (Wildman–Crippen MR) is 108 cm³/mol. The number of aromatic nitrogens is 2. The first kappa shape index (κ1) is 20.3. The van der Waals surface area contributed by atoms with Crippen LogP contribution >= 0.6 is 11.6 Å². The van der Waals surface area contributed by atoms with E-state index < -0.39 is 10.0 Å². The van der Waals surface area contributed by atoms with Gasteiger partial charge >= 0.3 is 0 Å². The highest BCUT2D eigenvalue weighted by molar-refractivity contribution is 7.89. The molecule has 2 aromatic heterocycles. The van der Waals surface area contributed by atoms with Crippen molar-refractivity contribution in [3.8, 4) is 0 Å². The summed E-state index contributed by atoms with van der Waals surface area (Å²) in [6, 6.07) is 9.26. The number of benzene rings is 1. The van der Waals surface area contributed by atoms with Crippen LogP contribution in [0, 0.1) is 0 Å².